The number of carbonyl (C=O) groups is 1. The normalized spacial score (nSPS) is 10.4. The van der Waals surface area contributed by atoms with Crippen molar-refractivity contribution in [3.8, 4) is 5.75 Å². The van der Waals surface area contributed by atoms with E-state index in [1.165, 1.54) is 0 Å². The molecular weight excluding hydrogens is 352 g/mol. The lowest BCUT2D eigenvalue weighted by atomic mass is 10.1. The van der Waals surface area contributed by atoms with Crippen LogP contribution in [0.5, 0.6) is 5.75 Å². The topological polar surface area (TPSA) is 55.6 Å². The van der Waals surface area contributed by atoms with Gasteiger partial charge in [0.15, 0.2) is 0 Å². The van der Waals surface area contributed by atoms with Gasteiger partial charge in [0.25, 0.3) is 5.91 Å². The van der Waals surface area contributed by atoms with Crippen LogP contribution in [0.15, 0.2) is 33.4 Å². The molecule has 0 saturated carbocycles. The van der Waals surface area contributed by atoms with Crippen molar-refractivity contribution in [3.63, 3.8) is 0 Å². The van der Waals surface area contributed by atoms with Crippen LogP contribution >= 0.6 is 27.3 Å². The molecular formula is C15H17BrN2O2S. The summed E-state index contributed by atoms with van der Waals surface area (Å²) in [6.07, 6.45) is 0. The highest BCUT2D eigenvalue weighted by atomic mass is 79.9. The summed E-state index contributed by atoms with van der Waals surface area (Å²) in [6.45, 7) is 2.90. The van der Waals surface area contributed by atoms with Gasteiger partial charge in [-0.2, -0.15) is 0 Å². The van der Waals surface area contributed by atoms with E-state index in [1.807, 2.05) is 18.4 Å². The minimum atomic E-state index is -0.140. The smallest absolute Gasteiger partial charge is 0.259 e. The highest BCUT2D eigenvalue weighted by Crippen LogP contribution is 2.27. The van der Waals surface area contributed by atoms with Crippen LogP contribution in [0.25, 0.3) is 0 Å². The van der Waals surface area contributed by atoms with Gasteiger partial charge in [0.05, 0.1) is 10.4 Å². The fourth-order valence-corrected chi connectivity index (χ4v) is 3.22. The first kappa shape index (κ1) is 15.9. The number of ether oxygens (including phenoxy) is 1. The van der Waals surface area contributed by atoms with Crippen molar-refractivity contribution < 1.29 is 9.53 Å². The van der Waals surface area contributed by atoms with Crippen LogP contribution < -0.4 is 10.5 Å². The van der Waals surface area contributed by atoms with Gasteiger partial charge in [-0.3, -0.25) is 4.79 Å². The number of nitrogens with zero attached hydrogens (tertiary/aromatic N) is 1. The molecule has 21 heavy (non-hydrogen) atoms. The van der Waals surface area contributed by atoms with Crippen molar-refractivity contribution in [1.29, 1.82) is 0 Å². The molecule has 0 bridgehead atoms. The SMILES string of the molecule is CCOc1cccc(N)c1C(=O)N(C)Cc1csc(Br)c1. The molecule has 1 aromatic heterocycles. The molecule has 2 N–H and O–H groups in total. The molecule has 2 aromatic rings. The maximum atomic E-state index is 12.6. The van der Waals surface area contributed by atoms with Crippen LogP contribution in [-0.4, -0.2) is 24.5 Å². The Morgan fingerprint density at radius 2 is 2.24 bits per heavy atom. The zero-order valence-electron chi connectivity index (χ0n) is 11.9. The number of hydrogen-bond donors (Lipinski definition) is 1. The summed E-state index contributed by atoms with van der Waals surface area (Å²) in [6, 6.07) is 7.27. The molecule has 0 fully saturated rings. The Kier molecular flexibility index (Phi) is 5.25. The number of carbonyl (C=O) groups excluding carboxylic acids is 1. The number of halogens is 1. The fraction of sp³-hybridized carbons (Fsp3) is 0.267. The molecule has 0 spiro atoms. The Balaban J connectivity index is 2.22. The Morgan fingerprint density at radius 1 is 1.48 bits per heavy atom. The highest BCUT2D eigenvalue weighted by Gasteiger charge is 2.20. The van der Waals surface area contributed by atoms with E-state index < -0.39 is 0 Å². The Morgan fingerprint density at radius 3 is 2.86 bits per heavy atom. The second-order valence-electron chi connectivity index (χ2n) is 4.57. The maximum absolute atomic E-state index is 12.6. The fourth-order valence-electron chi connectivity index (χ4n) is 2.02. The summed E-state index contributed by atoms with van der Waals surface area (Å²) in [4.78, 5) is 14.3. The number of amides is 1. The quantitative estimate of drug-likeness (QED) is 0.817. The molecule has 0 aliphatic heterocycles. The van der Waals surface area contributed by atoms with Crippen LogP contribution in [0.2, 0.25) is 0 Å². The van der Waals surface area contributed by atoms with Gasteiger partial charge in [0, 0.05) is 19.3 Å². The lowest BCUT2D eigenvalue weighted by molar-refractivity contribution is 0.0782. The van der Waals surface area contributed by atoms with Crippen LogP contribution in [-0.2, 0) is 6.54 Å². The first-order valence-electron chi connectivity index (χ1n) is 6.52. The van der Waals surface area contributed by atoms with Gasteiger partial charge in [-0.15, -0.1) is 11.3 Å². The van der Waals surface area contributed by atoms with Crippen molar-refractivity contribution in [2.24, 2.45) is 0 Å². The van der Waals surface area contributed by atoms with E-state index in [1.54, 1.807) is 41.5 Å². The van der Waals surface area contributed by atoms with Gasteiger partial charge in [-0.25, -0.2) is 0 Å². The van der Waals surface area contributed by atoms with E-state index in [-0.39, 0.29) is 5.91 Å². The van der Waals surface area contributed by atoms with Gasteiger partial charge in [-0.1, -0.05) is 6.07 Å². The third-order valence-electron chi connectivity index (χ3n) is 2.96. The predicted octanol–water partition coefficient (Wildman–Crippen LogP) is 3.76. The largest absolute Gasteiger partial charge is 0.493 e. The second-order valence-corrected chi connectivity index (χ2v) is 6.86. The lowest BCUT2D eigenvalue weighted by Crippen LogP contribution is -2.27. The Hall–Kier alpha value is -1.53. The summed E-state index contributed by atoms with van der Waals surface area (Å²) in [5.74, 6) is 0.389. The monoisotopic (exact) mass is 368 g/mol. The average Bonchev–Trinajstić information content (AvgIpc) is 2.84. The third-order valence-corrected chi connectivity index (χ3v) is 4.51. The number of thiophene rings is 1. The summed E-state index contributed by atoms with van der Waals surface area (Å²) < 4.78 is 6.56. The Labute approximate surface area is 136 Å². The minimum Gasteiger partial charge on any atom is -0.493 e. The highest BCUT2D eigenvalue weighted by molar-refractivity contribution is 9.11. The molecule has 112 valence electrons. The van der Waals surface area contributed by atoms with Gasteiger partial charge in [0.2, 0.25) is 0 Å². The molecule has 0 radical (unpaired) electrons. The van der Waals surface area contributed by atoms with E-state index in [0.29, 0.717) is 30.2 Å². The molecule has 6 heteroatoms. The van der Waals surface area contributed by atoms with Gasteiger partial charge >= 0.3 is 0 Å². The number of nitrogen functional groups attached to an aromatic ring is 1. The number of anilines is 1. The van der Waals surface area contributed by atoms with E-state index in [0.717, 1.165) is 9.35 Å². The van der Waals surface area contributed by atoms with E-state index in [2.05, 4.69) is 15.9 Å². The summed E-state index contributed by atoms with van der Waals surface area (Å²) >= 11 is 5.02. The minimum absolute atomic E-state index is 0.140. The maximum Gasteiger partial charge on any atom is 0.259 e. The molecule has 1 aromatic carbocycles. The zero-order valence-corrected chi connectivity index (χ0v) is 14.3. The third kappa shape index (κ3) is 3.77. The molecule has 1 amide bonds. The van der Waals surface area contributed by atoms with E-state index >= 15 is 0 Å². The molecule has 0 atom stereocenters. The van der Waals surface area contributed by atoms with Crippen LogP contribution in [0.3, 0.4) is 0 Å². The molecule has 0 aliphatic carbocycles. The molecule has 0 aliphatic rings. The van der Waals surface area contributed by atoms with Gasteiger partial charge in [0.1, 0.15) is 11.3 Å². The first-order valence-corrected chi connectivity index (χ1v) is 8.19. The Bertz CT molecular complexity index is 642. The van der Waals surface area contributed by atoms with Crippen molar-refractivity contribution >= 4 is 38.9 Å². The average molecular weight is 369 g/mol. The van der Waals surface area contributed by atoms with Crippen molar-refractivity contribution in [1.82, 2.24) is 4.90 Å². The van der Waals surface area contributed by atoms with Crippen LogP contribution in [0.4, 0.5) is 5.69 Å². The molecule has 1 heterocycles. The van der Waals surface area contributed by atoms with Crippen LogP contribution in [0.1, 0.15) is 22.8 Å². The zero-order chi connectivity index (χ0) is 15.4. The number of rotatable bonds is 5. The molecule has 0 unspecified atom stereocenters. The molecule has 0 saturated heterocycles. The predicted molar refractivity (Wildman–Crippen MR) is 89.8 cm³/mol. The molecule has 4 nitrogen and oxygen atoms in total. The number of nitrogens with two attached hydrogens (primary N) is 1. The van der Waals surface area contributed by atoms with E-state index in [9.17, 15) is 4.79 Å². The summed E-state index contributed by atoms with van der Waals surface area (Å²) in [5, 5.41) is 2.02. The number of benzene rings is 1. The van der Waals surface area contributed by atoms with E-state index in [4.69, 9.17) is 10.5 Å². The summed E-state index contributed by atoms with van der Waals surface area (Å²) in [5.41, 5.74) is 7.90. The lowest BCUT2D eigenvalue weighted by Gasteiger charge is -2.19. The summed E-state index contributed by atoms with van der Waals surface area (Å²) in [7, 11) is 1.76. The van der Waals surface area contributed by atoms with Crippen molar-refractivity contribution in [2.75, 3.05) is 19.4 Å². The van der Waals surface area contributed by atoms with Crippen LogP contribution in [0, 0.1) is 0 Å². The van der Waals surface area contributed by atoms with Gasteiger partial charge < -0.3 is 15.4 Å². The first-order chi connectivity index (χ1) is 10.0. The number of hydrogen-bond acceptors (Lipinski definition) is 4. The van der Waals surface area contributed by atoms with Gasteiger partial charge in [-0.05, 0) is 52.0 Å². The standard InChI is InChI=1S/C15H17BrN2O2S/c1-3-20-12-6-4-5-11(17)14(12)15(19)18(2)8-10-7-13(16)21-9-10/h4-7,9H,3,8,17H2,1-2H3. The van der Waals surface area contributed by atoms with Crippen molar-refractivity contribution in [3.05, 3.63) is 44.6 Å². The second kappa shape index (κ2) is 6.95. The van der Waals surface area contributed by atoms with Crippen molar-refractivity contribution in [2.45, 2.75) is 13.5 Å². The molecule has 2 rings (SSSR count).